The predicted molar refractivity (Wildman–Crippen MR) is 88.0 cm³/mol. The first kappa shape index (κ1) is 16.5. The van der Waals surface area contributed by atoms with Crippen molar-refractivity contribution in [3.8, 4) is 5.75 Å². The number of hydrogen-bond acceptors (Lipinski definition) is 3. The van der Waals surface area contributed by atoms with Crippen LogP contribution < -0.4 is 10.3 Å². The average molecular weight is 351 g/mol. The maximum absolute atomic E-state index is 13.2. The lowest BCUT2D eigenvalue weighted by atomic mass is 10.1. The van der Waals surface area contributed by atoms with Crippen molar-refractivity contribution in [2.24, 2.45) is 0 Å². The van der Waals surface area contributed by atoms with Crippen LogP contribution in [0.1, 0.15) is 23.2 Å². The number of nitrogens with zero attached hydrogens (tertiary/aromatic N) is 1. The Hall–Kier alpha value is -2.34. The highest BCUT2D eigenvalue weighted by Gasteiger charge is 2.25. The molecule has 3 rings (SSSR count). The number of carbonyl (C=O) groups is 1. The Morgan fingerprint density at radius 1 is 1.29 bits per heavy atom. The molecule has 1 aliphatic heterocycles. The summed E-state index contributed by atoms with van der Waals surface area (Å²) in [5.41, 5.74) is -0.0699. The molecule has 1 saturated heterocycles. The number of benzene rings is 1. The highest BCUT2D eigenvalue weighted by atomic mass is 35.5. The van der Waals surface area contributed by atoms with Gasteiger partial charge in [0.15, 0.2) is 0 Å². The minimum Gasteiger partial charge on any atom is -0.490 e. The Labute approximate surface area is 143 Å². The van der Waals surface area contributed by atoms with Crippen molar-refractivity contribution in [3.05, 3.63) is 63.3 Å². The van der Waals surface area contributed by atoms with Crippen LogP contribution in [0.5, 0.6) is 5.75 Å². The molecule has 7 heteroatoms. The molecular formula is C17H16ClFN2O3. The number of amides is 1. The van der Waals surface area contributed by atoms with Crippen molar-refractivity contribution < 1.29 is 13.9 Å². The Kier molecular flexibility index (Phi) is 4.85. The molecular weight excluding hydrogens is 335 g/mol. The van der Waals surface area contributed by atoms with E-state index in [0.29, 0.717) is 37.2 Å². The number of nitrogens with one attached hydrogen (secondary N) is 1. The minimum absolute atomic E-state index is 0.00910. The summed E-state index contributed by atoms with van der Waals surface area (Å²) in [5.74, 6) is -0.0281. The number of halogens is 2. The number of aromatic nitrogens is 1. The molecule has 1 aliphatic rings. The van der Waals surface area contributed by atoms with Crippen LogP contribution in [0.2, 0.25) is 5.02 Å². The third kappa shape index (κ3) is 3.76. The standard InChI is InChI=1S/C17H16ClFN2O3/c18-15-8-11(10-20-16(15)22)17(23)21-6-4-13(5-7-21)24-14-3-1-2-12(19)9-14/h1-3,8-10,13H,4-7H2,(H,20,22). The fourth-order valence-electron chi connectivity index (χ4n) is 2.67. The van der Waals surface area contributed by atoms with Crippen LogP contribution in [-0.2, 0) is 0 Å². The molecule has 24 heavy (non-hydrogen) atoms. The molecule has 0 unspecified atom stereocenters. The zero-order valence-corrected chi connectivity index (χ0v) is 13.6. The number of pyridine rings is 1. The normalized spacial score (nSPS) is 15.3. The van der Waals surface area contributed by atoms with E-state index in [0.717, 1.165) is 0 Å². The van der Waals surface area contributed by atoms with Crippen molar-refractivity contribution in [1.29, 1.82) is 0 Å². The van der Waals surface area contributed by atoms with Gasteiger partial charge in [-0.3, -0.25) is 9.59 Å². The second-order valence-electron chi connectivity index (χ2n) is 5.63. The fraction of sp³-hybridized carbons (Fsp3) is 0.294. The topological polar surface area (TPSA) is 62.4 Å². The summed E-state index contributed by atoms with van der Waals surface area (Å²) >= 11 is 5.76. The fourth-order valence-corrected chi connectivity index (χ4v) is 2.84. The lowest BCUT2D eigenvalue weighted by Crippen LogP contribution is -2.42. The van der Waals surface area contributed by atoms with Gasteiger partial charge in [0.25, 0.3) is 11.5 Å². The predicted octanol–water partition coefficient (Wildman–Crippen LogP) is 2.85. The summed E-state index contributed by atoms with van der Waals surface area (Å²) < 4.78 is 18.9. The maximum atomic E-state index is 13.2. The van der Waals surface area contributed by atoms with Crippen molar-refractivity contribution in [2.45, 2.75) is 18.9 Å². The van der Waals surface area contributed by atoms with Gasteiger partial charge in [0.05, 0.1) is 5.56 Å². The lowest BCUT2D eigenvalue weighted by molar-refractivity contribution is 0.0595. The van der Waals surface area contributed by atoms with E-state index in [-0.39, 0.29) is 22.9 Å². The van der Waals surface area contributed by atoms with E-state index in [1.807, 2.05) is 0 Å². The molecule has 0 saturated carbocycles. The van der Waals surface area contributed by atoms with Crippen LogP contribution in [0, 0.1) is 5.82 Å². The Morgan fingerprint density at radius 2 is 2.04 bits per heavy atom. The zero-order valence-electron chi connectivity index (χ0n) is 12.8. The van der Waals surface area contributed by atoms with Crippen LogP contribution >= 0.6 is 11.6 Å². The zero-order chi connectivity index (χ0) is 17.1. The van der Waals surface area contributed by atoms with Gasteiger partial charge in [0.2, 0.25) is 0 Å². The van der Waals surface area contributed by atoms with E-state index in [2.05, 4.69) is 4.98 Å². The maximum Gasteiger partial charge on any atom is 0.266 e. The molecule has 5 nitrogen and oxygen atoms in total. The summed E-state index contributed by atoms with van der Waals surface area (Å²) in [7, 11) is 0. The first-order chi connectivity index (χ1) is 11.5. The van der Waals surface area contributed by atoms with Crippen LogP contribution in [-0.4, -0.2) is 35.0 Å². The second-order valence-corrected chi connectivity index (χ2v) is 6.04. The Balaban J connectivity index is 1.59. The highest BCUT2D eigenvalue weighted by molar-refractivity contribution is 6.30. The van der Waals surface area contributed by atoms with E-state index in [1.165, 1.54) is 24.4 Å². The molecule has 0 bridgehead atoms. The number of carbonyl (C=O) groups excluding carboxylic acids is 1. The number of likely N-dealkylation sites (tertiary alicyclic amines) is 1. The summed E-state index contributed by atoms with van der Waals surface area (Å²) in [6.07, 6.45) is 2.61. The molecule has 0 atom stereocenters. The third-order valence-electron chi connectivity index (χ3n) is 3.93. The number of ether oxygens (including phenoxy) is 1. The molecule has 0 spiro atoms. The minimum atomic E-state index is -0.421. The number of rotatable bonds is 3. The van der Waals surface area contributed by atoms with Crippen molar-refractivity contribution >= 4 is 17.5 Å². The number of H-pyrrole nitrogens is 1. The summed E-state index contributed by atoms with van der Waals surface area (Å²) in [6, 6.07) is 7.40. The SMILES string of the molecule is O=C(c1c[nH]c(=O)c(Cl)c1)N1CCC(Oc2cccc(F)c2)CC1. The van der Waals surface area contributed by atoms with E-state index < -0.39 is 5.56 Å². The van der Waals surface area contributed by atoms with Gasteiger partial charge >= 0.3 is 0 Å². The van der Waals surface area contributed by atoms with Crippen molar-refractivity contribution in [1.82, 2.24) is 9.88 Å². The van der Waals surface area contributed by atoms with E-state index in [4.69, 9.17) is 16.3 Å². The van der Waals surface area contributed by atoms with Gasteiger partial charge in [0.1, 0.15) is 22.7 Å². The molecule has 1 aromatic heterocycles. The molecule has 1 fully saturated rings. The monoisotopic (exact) mass is 350 g/mol. The van der Waals surface area contributed by atoms with Crippen molar-refractivity contribution in [3.63, 3.8) is 0 Å². The first-order valence-electron chi connectivity index (χ1n) is 7.62. The van der Waals surface area contributed by atoms with Gasteiger partial charge < -0.3 is 14.6 Å². The highest BCUT2D eigenvalue weighted by Crippen LogP contribution is 2.21. The third-order valence-corrected chi connectivity index (χ3v) is 4.21. The lowest BCUT2D eigenvalue weighted by Gasteiger charge is -2.32. The number of piperidine rings is 1. The molecule has 1 amide bonds. The number of aromatic amines is 1. The first-order valence-corrected chi connectivity index (χ1v) is 8.00. The molecule has 126 valence electrons. The molecule has 2 aromatic rings. The van der Waals surface area contributed by atoms with Gasteiger partial charge in [0, 0.05) is 38.2 Å². The second kappa shape index (κ2) is 7.05. The van der Waals surface area contributed by atoms with Gasteiger partial charge in [-0.05, 0) is 18.2 Å². The number of hydrogen-bond donors (Lipinski definition) is 1. The summed E-state index contributed by atoms with van der Waals surface area (Å²) in [4.78, 5) is 27.8. The summed E-state index contributed by atoms with van der Waals surface area (Å²) in [5, 5.41) is -0.00910. The molecule has 0 radical (unpaired) electrons. The average Bonchev–Trinajstić information content (AvgIpc) is 2.57. The molecule has 0 aliphatic carbocycles. The largest absolute Gasteiger partial charge is 0.490 e. The van der Waals surface area contributed by atoms with E-state index in [9.17, 15) is 14.0 Å². The van der Waals surface area contributed by atoms with Gasteiger partial charge in [-0.15, -0.1) is 0 Å². The Morgan fingerprint density at radius 3 is 2.71 bits per heavy atom. The summed E-state index contributed by atoms with van der Waals surface area (Å²) in [6.45, 7) is 1.05. The van der Waals surface area contributed by atoms with Gasteiger partial charge in [-0.25, -0.2) is 4.39 Å². The molecule has 2 heterocycles. The molecule has 1 aromatic carbocycles. The van der Waals surface area contributed by atoms with Crippen LogP contribution in [0.4, 0.5) is 4.39 Å². The van der Waals surface area contributed by atoms with Crippen LogP contribution in [0.25, 0.3) is 0 Å². The van der Waals surface area contributed by atoms with E-state index in [1.54, 1.807) is 17.0 Å². The smallest absolute Gasteiger partial charge is 0.266 e. The quantitative estimate of drug-likeness (QED) is 0.925. The Bertz CT molecular complexity index is 800. The van der Waals surface area contributed by atoms with Crippen LogP contribution in [0.15, 0.2) is 41.3 Å². The molecule has 1 N–H and O–H groups in total. The van der Waals surface area contributed by atoms with Crippen molar-refractivity contribution in [2.75, 3.05) is 13.1 Å². The van der Waals surface area contributed by atoms with Crippen LogP contribution in [0.3, 0.4) is 0 Å². The van der Waals surface area contributed by atoms with Gasteiger partial charge in [-0.2, -0.15) is 0 Å². The van der Waals surface area contributed by atoms with Gasteiger partial charge in [-0.1, -0.05) is 17.7 Å². The van der Waals surface area contributed by atoms with E-state index >= 15 is 0 Å².